The minimum Gasteiger partial charge on any atom is -0.345 e. The number of rotatable bonds is 2. The number of hydrogen-bond acceptors (Lipinski definition) is 4. The van der Waals surface area contributed by atoms with Crippen molar-refractivity contribution in [3.8, 4) is 11.3 Å². The fraction of sp³-hybridized carbons (Fsp3) is 0.0833. The summed E-state index contributed by atoms with van der Waals surface area (Å²) < 4.78 is 0. The lowest BCUT2D eigenvalue weighted by Gasteiger charge is -2.04. The molecule has 3 rings (SSSR count). The van der Waals surface area contributed by atoms with Crippen molar-refractivity contribution in [2.75, 3.05) is 7.05 Å². The fourth-order valence-electron chi connectivity index (χ4n) is 1.73. The number of nitrogens with zero attached hydrogens (tertiary/aromatic N) is 2. The first-order valence-electron chi connectivity index (χ1n) is 5.30. The Morgan fingerprint density at radius 3 is 2.53 bits per heavy atom. The summed E-state index contributed by atoms with van der Waals surface area (Å²) in [5, 5.41) is 1.62. The van der Waals surface area contributed by atoms with E-state index in [1.54, 1.807) is 17.6 Å². The van der Waals surface area contributed by atoms with Gasteiger partial charge in [-0.2, -0.15) is 4.94 Å². The van der Waals surface area contributed by atoms with Crippen LogP contribution in [-0.2, 0) is 4.94 Å². The molecule has 0 amide bonds. The average molecular weight is 228 g/mol. The normalized spacial score (nSPS) is 14.6. The lowest BCUT2D eigenvalue weighted by molar-refractivity contribution is -0.121. The van der Waals surface area contributed by atoms with Crippen LogP contribution in [0.1, 0.15) is 5.56 Å². The van der Waals surface area contributed by atoms with E-state index < -0.39 is 0 Å². The summed E-state index contributed by atoms with van der Waals surface area (Å²) in [4.78, 5) is 12.2. The molecule has 17 heavy (non-hydrogen) atoms. The summed E-state index contributed by atoms with van der Waals surface area (Å²) in [5.41, 5.74) is 7.00. The third kappa shape index (κ3) is 1.88. The lowest BCUT2D eigenvalue weighted by atomic mass is 10.1. The minimum atomic E-state index is 0.948. The van der Waals surface area contributed by atoms with E-state index in [4.69, 9.17) is 4.94 Å². The van der Waals surface area contributed by atoms with Gasteiger partial charge in [0.25, 0.3) is 0 Å². The highest BCUT2D eigenvalue weighted by Crippen LogP contribution is 2.21. The molecule has 0 saturated heterocycles. The molecular formula is C12H12N4O. The highest BCUT2D eigenvalue weighted by Gasteiger charge is 2.10. The van der Waals surface area contributed by atoms with E-state index in [-0.39, 0.29) is 0 Å². The van der Waals surface area contributed by atoms with Crippen molar-refractivity contribution < 1.29 is 4.94 Å². The molecule has 1 aliphatic heterocycles. The van der Waals surface area contributed by atoms with Gasteiger partial charge in [0.2, 0.25) is 0 Å². The van der Waals surface area contributed by atoms with Crippen LogP contribution in [0, 0.1) is 0 Å². The molecule has 2 heterocycles. The van der Waals surface area contributed by atoms with Crippen LogP contribution in [0.3, 0.4) is 0 Å². The van der Waals surface area contributed by atoms with E-state index >= 15 is 0 Å². The number of nitrogens with one attached hydrogen (secondary N) is 2. The van der Waals surface area contributed by atoms with E-state index in [1.165, 1.54) is 0 Å². The molecule has 0 saturated carbocycles. The maximum absolute atomic E-state index is 5.10. The number of aromatic nitrogens is 2. The summed E-state index contributed by atoms with van der Waals surface area (Å²) >= 11 is 0. The first kappa shape index (κ1) is 9.92. The summed E-state index contributed by atoms with van der Waals surface area (Å²) in [6.45, 7) is 0. The van der Waals surface area contributed by atoms with Crippen LogP contribution >= 0.6 is 0 Å². The molecule has 5 nitrogen and oxygen atoms in total. The monoisotopic (exact) mass is 228 g/mol. The van der Waals surface area contributed by atoms with Gasteiger partial charge in [-0.05, 0) is 5.56 Å². The molecule has 0 atom stereocenters. The SMILES string of the molecule is CN1C=C(c2ccc(-c3cnc[nH]3)cc2)NO1. The molecule has 0 aliphatic carbocycles. The summed E-state index contributed by atoms with van der Waals surface area (Å²) in [5.74, 6) is 0. The van der Waals surface area contributed by atoms with Crippen LogP contribution in [0.5, 0.6) is 0 Å². The van der Waals surface area contributed by atoms with E-state index in [9.17, 15) is 0 Å². The molecular weight excluding hydrogens is 216 g/mol. The molecule has 0 bridgehead atoms. The number of imidazole rings is 1. The van der Waals surface area contributed by atoms with E-state index in [0.29, 0.717) is 0 Å². The predicted molar refractivity (Wildman–Crippen MR) is 64.0 cm³/mol. The van der Waals surface area contributed by atoms with Gasteiger partial charge in [0.1, 0.15) is 0 Å². The third-order valence-electron chi connectivity index (χ3n) is 2.62. The topological polar surface area (TPSA) is 53.2 Å². The molecule has 0 fully saturated rings. The Morgan fingerprint density at radius 1 is 1.18 bits per heavy atom. The van der Waals surface area contributed by atoms with Crippen molar-refractivity contribution in [1.29, 1.82) is 0 Å². The second-order valence-electron chi connectivity index (χ2n) is 3.82. The first-order chi connectivity index (χ1) is 8.33. The number of benzene rings is 1. The predicted octanol–water partition coefficient (Wildman–Crippen LogP) is 1.76. The van der Waals surface area contributed by atoms with E-state index in [0.717, 1.165) is 22.5 Å². The zero-order valence-electron chi connectivity index (χ0n) is 9.34. The molecule has 86 valence electrons. The second kappa shape index (κ2) is 3.95. The van der Waals surface area contributed by atoms with Crippen LogP contribution in [0.2, 0.25) is 0 Å². The Morgan fingerprint density at radius 2 is 1.94 bits per heavy atom. The largest absolute Gasteiger partial charge is 0.345 e. The summed E-state index contributed by atoms with van der Waals surface area (Å²) in [6, 6.07) is 8.17. The maximum Gasteiger partial charge on any atom is 0.0924 e. The van der Waals surface area contributed by atoms with Crippen LogP contribution in [0.15, 0.2) is 43.0 Å². The number of H-pyrrole nitrogens is 1. The molecule has 2 aromatic rings. The van der Waals surface area contributed by atoms with Crippen molar-refractivity contribution in [3.63, 3.8) is 0 Å². The Kier molecular flexibility index (Phi) is 2.31. The van der Waals surface area contributed by atoms with Crippen LogP contribution in [0.25, 0.3) is 17.0 Å². The van der Waals surface area contributed by atoms with Gasteiger partial charge >= 0.3 is 0 Å². The Balaban J connectivity index is 1.88. The van der Waals surface area contributed by atoms with Crippen molar-refractivity contribution >= 4 is 5.70 Å². The zero-order chi connectivity index (χ0) is 11.7. The van der Waals surface area contributed by atoms with Crippen molar-refractivity contribution in [1.82, 2.24) is 20.5 Å². The third-order valence-corrected chi connectivity index (χ3v) is 2.62. The van der Waals surface area contributed by atoms with Gasteiger partial charge in [0.05, 0.1) is 30.1 Å². The molecule has 1 aromatic carbocycles. The standard InChI is InChI=1S/C12H12N4O/c1-16-7-12(15-17-16)10-4-2-9(3-5-10)11-6-13-8-14-11/h2-8,15H,1H3,(H,13,14). The maximum atomic E-state index is 5.10. The number of hydrogen-bond donors (Lipinski definition) is 2. The molecule has 5 heteroatoms. The van der Waals surface area contributed by atoms with Crippen molar-refractivity contribution in [2.24, 2.45) is 0 Å². The van der Waals surface area contributed by atoms with Crippen LogP contribution < -0.4 is 5.48 Å². The van der Waals surface area contributed by atoms with E-state index in [1.807, 2.05) is 37.5 Å². The first-order valence-corrected chi connectivity index (χ1v) is 5.30. The zero-order valence-corrected chi connectivity index (χ0v) is 9.34. The molecule has 0 radical (unpaired) electrons. The van der Waals surface area contributed by atoms with Gasteiger partial charge in [-0.15, -0.1) is 0 Å². The van der Waals surface area contributed by atoms with Crippen molar-refractivity contribution in [3.05, 3.63) is 48.6 Å². The smallest absolute Gasteiger partial charge is 0.0924 e. The number of hydroxylamine groups is 3. The molecule has 1 aliphatic rings. The van der Waals surface area contributed by atoms with Gasteiger partial charge < -0.3 is 4.98 Å². The van der Waals surface area contributed by atoms with Gasteiger partial charge in [0.15, 0.2) is 0 Å². The van der Waals surface area contributed by atoms with Gasteiger partial charge in [0, 0.05) is 12.6 Å². The Labute approximate surface area is 98.6 Å². The second-order valence-corrected chi connectivity index (χ2v) is 3.82. The van der Waals surface area contributed by atoms with Crippen molar-refractivity contribution in [2.45, 2.75) is 0 Å². The van der Waals surface area contributed by atoms with Gasteiger partial charge in [-0.25, -0.2) is 15.5 Å². The molecule has 1 aromatic heterocycles. The molecule has 0 unspecified atom stereocenters. The van der Waals surface area contributed by atoms with Gasteiger partial charge in [-0.1, -0.05) is 24.3 Å². The van der Waals surface area contributed by atoms with Gasteiger partial charge in [-0.3, -0.25) is 0 Å². The van der Waals surface area contributed by atoms with Crippen LogP contribution in [-0.4, -0.2) is 22.1 Å². The Hall–Kier alpha value is -2.27. The van der Waals surface area contributed by atoms with E-state index in [2.05, 4.69) is 15.4 Å². The molecule has 2 N–H and O–H groups in total. The summed E-state index contributed by atoms with van der Waals surface area (Å²) in [6.07, 6.45) is 5.37. The number of aromatic amines is 1. The quantitative estimate of drug-likeness (QED) is 0.822. The minimum absolute atomic E-state index is 0.948. The summed E-state index contributed by atoms with van der Waals surface area (Å²) in [7, 11) is 1.83. The molecule has 0 spiro atoms. The van der Waals surface area contributed by atoms with Crippen LogP contribution in [0.4, 0.5) is 0 Å². The Bertz CT molecular complexity index is 530. The average Bonchev–Trinajstić information content (AvgIpc) is 3.00. The fourth-order valence-corrected chi connectivity index (χ4v) is 1.73. The highest BCUT2D eigenvalue weighted by molar-refractivity contribution is 5.67. The highest BCUT2D eigenvalue weighted by atomic mass is 16.8. The lowest BCUT2D eigenvalue weighted by Crippen LogP contribution is -2.12.